The van der Waals surface area contributed by atoms with Crippen LogP contribution in [0.15, 0.2) is 0 Å². The van der Waals surface area contributed by atoms with Crippen LogP contribution in [0, 0.1) is 0 Å². The first-order chi connectivity index (χ1) is 7.70. The molecule has 0 fully saturated rings. The van der Waals surface area contributed by atoms with Gasteiger partial charge in [0.1, 0.15) is 0 Å². The summed E-state index contributed by atoms with van der Waals surface area (Å²) in [6.07, 6.45) is 6.38. The molecule has 17 heavy (non-hydrogen) atoms. The lowest BCUT2D eigenvalue weighted by Gasteiger charge is -2.36. The predicted molar refractivity (Wildman–Crippen MR) is 84.6 cm³/mol. The number of hydrogen-bond acceptors (Lipinski definition) is 1. The number of hydrogen-bond donors (Lipinski definition) is 0. The van der Waals surface area contributed by atoms with Crippen molar-refractivity contribution < 1.29 is 4.43 Å². The van der Waals surface area contributed by atoms with Crippen molar-refractivity contribution in [1.29, 1.82) is 0 Å². The minimum atomic E-state index is -1.50. The summed E-state index contributed by atoms with van der Waals surface area (Å²) in [7, 11) is -1.50. The van der Waals surface area contributed by atoms with Crippen molar-refractivity contribution in [3.05, 3.63) is 0 Å². The second kappa shape index (κ2) is 7.95. The molecule has 1 unspecified atom stereocenters. The lowest BCUT2D eigenvalue weighted by Crippen LogP contribution is -2.40. The van der Waals surface area contributed by atoms with Crippen LogP contribution in [0.5, 0.6) is 0 Å². The zero-order valence-electron chi connectivity index (χ0n) is 12.6. The minimum absolute atomic E-state index is 0.343. The van der Waals surface area contributed by atoms with E-state index < -0.39 is 8.32 Å². The van der Waals surface area contributed by atoms with Crippen LogP contribution in [-0.2, 0) is 4.43 Å². The van der Waals surface area contributed by atoms with Gasteiger partial charge in [-0.15, -0.1) is 0 Å². The highest BCUT2D eigenvalue weighted by Gasteiger charge is 2.36. The van der Waals surface area contributed by atoms with Gasteiger partial charge in [0.2, 0.25) is 0 Å². The van der Waals surface area contributed by atoms with E-state index in [1.54, 1.807) is 0 Å². The number of rotatable bonds is 8. The van der Waals surface area contributed by atoms with E-state index >= 15 is 0 Å². The van der Waals surface area contributed by atoms with Gasteiger partial charge in [-0.25, -0.2) is 0 Å². The molecule has 0 amide bonds. The summed E-state index contributed by atoms with van der Waals surface area (Å²) >= 11 is 3.68. The molecule has 0 N–H and O–H groups in total. The van der Waals surface area contributed by atoms with Gasteiger partial charge in [0.25, 0.3) is 0 Å². The van der Waals surface area contributed by atoms with E-state index in [-0.39, 0.29) is 0 Å². The summed E-state index contributed by atoms with van der Waals surface area (Å²) in [4.78, 5) is 0.712. The molecule has 0 spiro atoms. The molecule has 0 aromatic heterocycles. The molecule has 1 atom stereocenters. The molecular weight excluding hydrogens is 292 g/mol. The molecule has 3 heteroatoms. The Balaban J connectivity index is 3.59. The highest BCUT2D eigenvalue weighted by molar-refractivity contribution is 9.09. The largest absolute Gasteiger partial charge is 0.417 e. The van der Waals surface area contributed by atoms with E-state index in [1.165, 1.54) is 32.1 Å². The van der Waals surface area contributed by atoms with Crippen LogP contribution in [0.25, 0.3) is 0 Å². The third-order valence-corrected chi connectivity index (χ3v) is 9.52. The van der Waals surface area contributed by atoms with Crippen LogP contribution in [0.2, 0.25) is 18.1 Å². The minimum Gasteiger partial charge on any atom is -0.417 e. The Bertz CT molecular complexity index is 199. The second-order valence-electron chi connectivity index (χ2n) is 6.46. The molecule has 0 saturated carbocycles. The summed E-state index contributed by atoms with van der Waals surface area (Å²) in [6, 6.07) is 0. The van der Waals surface area contributed by atoms with E-state index in [9.17, 15) is 0 Å². The maximum atomic E-state index is 6.15. The molecule has 104 valence electrons. The first-order valence-corrected chi connectivity index (χ1v) is 10.8. The molecule has 0 aliphatic carbocycles. The van der Waals surface area contributed by atoms with Crippen LogP contribution >= 0.6 is 15.9 Å². The Labute approximate surface area is 118 Å². The van der Waals surface area contributed by atoms with E-state index in [0.717, 1.165) is 6.61 Å². The van der Waals surface area contributed by atoms with Crippen LogP contribution < -0.4 is 0 Å². The van der Waals surface area contributed by atoms with Crippen molar-refractivity contribution in [1.82, 2.24) is 0 Å². The smallest absolute Gasteiger partial charge is 0.191 e. The van der Waals surface area contributed by atoms with Crippen molar-refractivity contribution in [2.45, 2.75) is 82.8 Å². The quantitative estimate of drug-likeness (QED) is 0.314. The summed E-state index contributed by atoms with van der Waals surface area (Å²) < 4.78 is 6.15. The van der Waals surface area contributed by atoms with Gasteiger partial charge >= 0.3 is 0 Å². The Hall–Kier alpha value is 0.657. The average Bonchev–Trinajstić information content (AvgIpc) is 2.21. The summed E-state index contributed by atoms with van der Waals surface area (Å²) in [5, 5.41) is 0.343. The molecule has 0 heterocycles. The Morgan fingerprint density at radius 1 is 1.12 bits per heavy atom. The average molecular weight is 323 g/mol. The van der Waals surface area contributed by atoms with Gasteiger partial charge in [-0.05, 0) is 37.4 Å². The Morgan fingerprint density at radius 3 is 2.18 bits per heavy atom. The molecule has 0 aromatic carbocycles. The zero-order valence-corrected chi connectivity index (χ0v) is 15.2. The van der Waals surface area contributed by atoms with Gasteiger partial charge in [-0.1, -0.05) is 56.5 Å². The molecule has 0 aliphatic rings. The summed E-state index contributed by atoms with van der Waals surface area (Å²) in [6.45, 7) is 14.8. The molecule has 0 aliphatic heterocycles. The second-order valence-corrected chi connectivity index (χ2v) is 12.6. The number of halogens is 1. The van der Waals surface area contributed by atoms with Gasteiger partial charge in [-0.3, -0.25) is 0 Å². The van der Waals surface area contributed by atoms with Crippen molar-refractivity contribution in [3.8, 4) is 0 Å². The fourth-order valence-electron chi connectivity index (χ4n) is 1.39. The highest BCUT2D eigenvalue weighted by atomic mass is 79.9. The van der Waals surface area contributed by atoms with E-state index in [4.69, 9.17) is 4.43 Å². The first kappa shape index (κ1) is 17.7. The van der Waals surface area contributed by atoms with Gasteiger partial charge in [0.05, 0.1) is 0 Å². The maximum Gasteiger partial charge on any atom is 0.191 e. The van der Waals surface area contributed by atoms with Crippen molar-refractivity contribution >= 4 is 24.2 Å². The fourth-order valence-corrected chi connectivity index (χ4v) is 2.80. The van der Waals surface area contributed by atoms with Crippen LogP contribution in [0.1, 0.15) is 59.8 Å². The molecule has 0 bridgehead atoms. The SMILES string of the molecule is CCC(Br)CCCCCO[Si](C)(C)C(C)(C)C. The molecular formula is C14H31BrOSi. The zero-order chi connectivity index (χ0) is 13.5. The lowest BCUT2D eigenvalue weighted by atomic mass is 10.1. The van der Waals surface area contributed by atoms with Gasteiger partial charge in [-0.2, -0.15) is 0 Å². The van der Waals surface area contributed by atoms with Crippen LogP contribution in [0.3, 0.4) is 0 Å². The van der Waals surface area contributed by atoms with Gasteiger partial charge < -0.3 is 4.43 Å². The first-order valence-electron chi connectivity index (χ1n) is 6.98. The van der Waals surface area contributed by atoms with Gasteiger partial charge in [0.15, 0.2) is 8.32 Å². The van der Waals surface area contributed by atoms with Crippen molar-refractivity contribution in [2.75, 3.05) is 6.61 Å². The van der Waals surface area contributed by atoms with E-state index in [1.807, 2.05) is 0 Å². The number of alkyl halides is 1. The Morgan fingerprint density at radius 2 is 1.71 bits per heavy atom. The third kappa shape index (κ3) is 7.63. The molecule has 0 rings (SSSR count). The molecule has 1 nitrogen and oxygen atoms in total. The van der Waals surface area contributed by atoms with Crippen molar-refractivity contribution in [3.63, 3.8) is 0 Å². The fraction of sp³-hybridized carbons (Fsp3) is 1.00. The maximum absolute atomic E-state index is 6.15. The topological polar surface area (TPSA) is 9.23 Å². The van der Waals surface area contributed by atoms with E-state index in [0.29, 0.717) is 9.87 Å². The van der Waals surface area contributed by atoms with Gasteiger partial charge in [0, 0.05) is 11.4 Å². The normalized spacial score (nSPS) is 15.0. The lowest BCUT2D eigenvalue weighted by molar-refractivity contribution is 0.277. The standard InChI is InChI=1S/C14H31BrOSi/c1-7-13(15)11-9-8-10-12-16-17(5,6)14(2,3)4/h13H,7-12H2,1-6H3. The Kier molecular flexibility index (Phi) is 8.26. The summed E-state index contributed by atoms with van der Waals surface area (Å²) in [5.41, 5.74) is 0. The monoisotopic (exact) mass is 322 g/mol. The summed E-state index contributed by atoms with van der Waals surface area (Å²) in [5.74, 6) is 0. The molecule has 0 radical (unpaired) electrons. The molecule has 0 saturated heterocycles. The third-order valence-electron chi connectivity index (χ3n) is 3.87. The number of unbranched alkanes of at least 4 members (excludes halogenated alkanes) is 2. The predicted octanol–water partition coefficient (Wildman–Crippen LogP) is 5.74. The van der Waals surface area contributed by atoms with E-state index in [2.05, 4.69) is 56.7 Å². The highest BCUT2D eigenvalue weighted by Crippen LogP contribution is 2.36. The van der Waals surface area contributed by atoms with Crippen LogP contribution in [0.4, 0.5) is 0 Å². The van der Waals surface area contributed by atoms with Crippen LogP contribution in [-0.4, -0.2) is 19.8 Å². The van der Waals surface area contributed by atoms with Crippen molar-refractivity contribution in [2.24, 2.45) is 0 Å². The molecule has 0 aromatic rings.